The lowest BCUT2D eigenvalue weighted by atomic mass is 9.49. The standard InChI is InChI=1S/C18H27NO4/c20-15(19-11-17(16(21)22)1-3-23-4-2-17)18-8-12-5-13(9-18)7-14(6-12)10-18/h12-14H,1-11H2,(H,19,20)(H,21,22). The SMILES string of the molecule is O=C(O)C1(CNC(=O)C23CC4CC(CC(C4)C2)C3)CCOCC1. The van der Waals surface area contributed by atoms with Crippen LogP contribution >= 0.6 is 0 Å². The number of carbonyl (C=O) groups is 2. The highest BCUT2D eigenvalue weighted by molar-refractivity contribution is 5.84. The molecule has 4 saturated carbocycles. The van der Waals surface area contributed by atoms with E-state index in [1.165, 1.54) is 19.3 Å². The molecule has 5 aliphatic rings. The summed E-state index contributed by atoms with van der Waals surface area (Å²) >= 11 is 0. The molecular weight excluding hydrogens is 294 g/mol. The molecule has 0 aromatic heterocycles. The third-order valence-corrected chi connectivity index (χ3v) is 7.01. The predicted molar refractivity (Wildman–Crippen MR) is 83.7 cm³/mol. The number of carboxylic acid groups (broad SMARTS) is 1. The van der Waals surface area contributed by atoms with Gasteiger partial charge in [-0.15, -0.1) is 0 Å². The predicted octanol–water partition coefficient (Wildman–Crippen LogP) is 2.20. The molecule has 1 aliphatic heterocycles. The van der Waals surface area contributed by atoms with Gasteiger partial charge in [-0.2, -0.15) is 0 Å². The van der Waals surface area contributed by atoms with E-state index in [2.05, 4.69) is 5.32 Å². The minimum absolute atomic E-state index is 0.128. The van der Waals surface area contributed by atoms with Crippen LogP contribution in [0.3, 0.4) is 0 Å². The number of ether oxygens (including phenoxy) is 1. The van der Waals surface area contributed by atoms with Gasteiger partial charge in [0.05, 0.1) is 5.41 Å². The lowest BCUT2D eigenvalue weighted by Gasteiger charge is -2.55. The Morgan fingerprint density at radius 3 is 2.00 bits per heavy atom. The molecule has 23 heavy (non-hydrogen) atoms. The second kappa shape index (κ2) is 5.47. The van der Waals surface area contributed by atoms with Crippen LogP contribution in [0.2, 0.25) is 0 Å². The Kier molecular flexibility index (Phi) is 3.67. The van der Waals surface area contributed by atoms with Crippen molar-refractivity contribution in [2.75, 3.05) is 19.8 Å². The summed E-state index contributed by atoms with van der Waals surface area (Å²) in [7, 11) is 0. The number of rotatable bonds is 4. The van der Waals surface area contributed by atoms with Crippen molar-refractivity contribution in [3.63, 3.8) is 0 Å². The van der Waals surface area contributed by atoms with Crippen molar-refractivity contribution in [1.82, 2.24) is 5.32 Å². The average molecular weight is 321 g/mol. The van der Waals surface area contributed by atoms with Gasteiger partial charge in [0.1, 0.15) is 0 Å². The molecule has 5 rings (SSSR count). The van der Waals surface area contributed by atoms with Gasteiger partial charge < -0.3 is 15.2 Å². The maximum absolute atomic E-state index is 13.0. The first-order chi connectivity index (χ1) is 11.0. The molecule has 2 N–H and O–H groups in total. The van der Waals surface area contributed by atoms with Crippen molar-refractivity contribution in [1.29, 1.82) is 0 Å². The van der Waals surface area contributed by atoms with Crippen LogP contribution in [0, 0.1) is 28.6 Å². The Bertz CT molecular complexity index is 474. The summed E-state index contributed by atoms with van der Waals surface area (Å²) in [5.41, 5.74) is -1.03. The highest BCUT2D eigenvalue weighted by Crippen LogP contribution is 2.60. The Morgan fingerprint density at radius 2 is 1.52 bits per heavy atom. The third kappa shape index (κ3) is 2.57. The highest BCUT2D eigenvalue weighted by atomic mass is 16.5. The Morgan fingerprint density at radius 1 is 1.00 bits per heavy atom. The van der Waals surface area contributed by atoms with E-state index in [4.69, 9.17) is 4.74 Å². The van der Waals surface area contributed by atoms with Gasteiger partial charge in [0, 0.05) is 25.2 Å². The van der Waals surface area contributed by atoms with E-state index >= 15 is 0 Å². The van der Waals surface area contributed by atoms with Gasteiger partial charge in [0.2, 0.25) is 5.91 Å². The van der Waals surface area contributed by atoms with Gasteiger partial charge >= 0.3 is 5.97 Å². The zero-order valence-corrected chi connectivity index (χ0v) is 13.7. The molecule has 1 amide bonds. The molecule has 0 atom stereocenters. The fraction of sp³-hybridized carbons (Fsp3) is 0.889. The second-order valence-electron chi connectivity index (χ2n) is 8.58. The van der Waals surface area contributed by atoms with Crippen molar-refractivity contribution >= 4 is 11.9 Å². The summed E-state index contributed by atoms with van der Waals surface area (Å²) in [5.74, 6) is 1.51. The molecule has 5 fully saturated rings. The topological polar surface area (TPSA) is 75.6 Å². The number of hydrogen-bond donors (Lipinski definition) is 2. The van der Waals surface area contributed by atoms with E-state index in [0.29, 0.717) is 26.1 Å². The molecule has 4 bridgehead atoms. The van der Waals surface area contributed by atoms with Crippen LogP contribution in [0.4, 0.5) is 0 Å². The Labute approximate surface area is 137 Å². The van der Waals surface area contributed by atoms with E-state index in [9.17, 15) is 14.7 Å². The molecule has 5 heteroatoms. The van der Waals surface area contributed by atoms with E-state index in [0.717, 1.165) is 37.0 Å². The molecule has 0 spiro atoms. The summed E-state index contributed by atoms with van der Waals surface area (Å²) in [6, 6.07) is 0. The molecule has 5 nitrogen and oxygen atoms in total. The van der Waals surface area contributed by atoms with Crippen LogP contribution in [-0.2, 0) is 14.3 Å². The molecule has 1 saturated heterocycles. The molecule has 0 radical (unpaired) electrons. The second-order valence-corrected chi connectivity index (χ2v) is 8.58. The monoisotopic (exact) mass is 321 g/mol. The van der Waals surface area contributed by atoms with Gasteiger partial charge in [0.25, 0.3) is 0 Å². The molecular formula is C18H27NO4. The van der Waals surface area contributed by atoms with Gasteiger partial charge in [-0.05, 0) is 69.1 Å². The maximum atomic E-state index is 13.0. The number of nitrogens with one attached hydrogen (secondary N) is 1. The van der Waals surface area contributed by atoms with Gasteiger partial charge in [0.15, 0.2) is 0 Å². The highest BCUT2D eigenvalue weighted by Gasteiger charge is 2.55. The number of carboxylic acids is 1. The van der Waals surface area contributed by atoms with Crippen LogP contribution in [-0.4, -0.2) is 36.7 Å². The minimum Gasteiger partial charge on any atom is -0.481 e. The van der Waals surface area contributed by atoms with Crippen LogP contribution in [0.1, 0.15) is 51.4 Å². The average Bonchev–Trinajstić information content (AvgIpc) is 2.52. The summed E-state index contributed by atoms with van der Waals surface area (Å²) < 4.78 is 5.31. The molecule has 1 heterocycles. The quantitative estimate of drug-likeness (QED) is 0.832. The van der Waals surface area contributed by atoms with Gasteiger partial charge in [-0.1, -0.05) is 0 Å². The number of aliphatic carboxylic acids is 1. The van der Waals surface area contributed by atoms with E-state index in [1.807, 2.05) is 0 Å². The maximum Gasteiger partial charge on any atom is 0.311 e. The lowest BCUT2D eigenvalue weighted by molar-refractivity contribution is -0.156. The zero-order valence-electron chi connectivity index (χ0n) is 13.7. The van der Waals surface area contributed by atoms with Crippen LogP contribution < -0.4 is 5.32 Å². The molecule has 0 aromatic rings. The van der Waals surface area contributed by atoms with Crippen LogP contribution in [0.15, 0.2) is 0 Å². The van der Waals surface area contributed by atoms with Crippen LogP contribution in [0.25, 0.3) is 0 Å². The van der Waals surface area contributed by atoms with E-state index in [-0.39, 0.29) is 17.9 Å². The first-order valence-corrected chi connectivity index (χ1v) is 9.11. The largest absolute Gasteiger partial charge is 0.481 e. The number of hydrogen-bond acceptors (Lipinski definition) is 3. The zero-order chi connectivity index (χ0) is 16.1. The third-order valence-electron chi connectivity index (χ3n) is 7.01. The van der Waals surface area contributed by atoms with E-state index < -0.39 is 11.4 Å². The van der Waals surface area contributed by atoms with Crippen molar-refractivity contribution in [3.8, 4) is 0 Å². The Balaban J connectivity index is 1.44. The first-order valence-electron chi connectivity index (χ1n) is 9.11. The molecule has 4 aliphatic carbocycles. The van der Waals surface area contributed by atoms with Crippen LogP contribution in [0.5, 0.6) is 0 Å². The Hall–Kier alpha value is -1.10. The van der Waals surface area contributed by atoms with Gasteiger partial charge in [-0.3, -0.25) is 9.59 Å². The normalized spacial score (nSPS) is 40.8. The van der Waals surface area contributed by atoms with Gasteiger partial charge in [-0.25, -0.2) is 0 Å². The summed E-state index contributed by atoms with van der Waals surface area (Å²) in [6.45, 7) is 1.20. The fourth-order valence-electron chi connectivity index (χ4n) is 6.05. The number of carbonyl (C=O) groups excluding carboxylic acids is 1. The summed E-state index contributed by atoms with van der Waals surface area (Å²) in [6.07, 6.45) is 7.97. The minimum atomic E-state index is -0.837. The van der Waals surface area contributed by atoms with Crippen molar-refractivity contribution in [2.45, 2.75) is 51.4 Å². The van der Waals surface area contributed by atoms with Crippen molar-refractivity contribution in [2.24, 2.45) is 28.6 Å². The molecule has 128 valence electrons. The van der Waals surface area contributed by atoms with E-state index in [1.54, 1.807) is 0 Å². The molecule has 0 unspecified atom stereocenters. The van der Waals surface area contributed by atoms with Crippen molar-refractivity contribution < 1.29 is 19.4 Å². The lowest BCUT2D eigenvalue weighted by Crippen LogP contribution is -2.56. The molecule has 0 aromatic carbocycles. The summed E-state index contributed by atoms with van der Waals surface area (Å²) in [5, 5.41) is 12.7. The fourth-order valence-corrected chi connectivity index (χ4v) is 6.05. The summed E-state index contributed by atoms with van der Waals surface area (Å²) in [4.78, 5) is 24.7. The van der Waals surface area contributed by atoms with Crippen molar-refractivity contribution in [3.05, 3.63) is 0 Å². The first kappa shape index (κ1) is 15.4. The smallest absolute Gasteiger partial charge is 0.311 e. The number of amides is 1.